The first-order valence-corrected chi connectivity index (χ1v) is 13.7. The first kappa shape index (κ1) is 28.4. The molecule has 3 saturated carbocycles. The van der Waals surface area contributed by atoms with Gasteiger partial charge in [0.05, 0.1) is 11.7 Å². The van der Waals surface area contributed by atoms with Crippen LogP contribution in [0.25, 0.3) is 0 Å². The Hall–Kier alpha value is -0.860. The van der Waals surface area contributed by atoms with E-state index in [1.165, 1.54) is 50.5 Å². The molecule has 2 nitrogen and oxygen atoms in total. The molecule has 33 heavy (non-hydrogen) atoms. The summed E-state index contributed by atoms with van der Waals surface area (Å²) in [6.07, 6.45) is 18.5. The van der Waals surface area contributed by atoms with Crippen molar-refractivity contribution in [3.05, 3.63) is 35.5 Å². The minimum Gasteiger partial charge on any atom is -0.390 e. The molecular weight excluding hydrogens is 404 g/mol. The highest BCUT2D eigenvalue weighted by atomic mass is 16.3. The van der Waals surface area contributed by atoms with E-state index in [1.54, 1.807) is 5.57 Å². The third kappa shape index (κ3) is 9.36. The van der Waals surface area contributed by atoms with Crippen molar-refractivity contribution in [2.75, 3.05) is 0 Å². The molecule has 0 radical (unpaired) electrons. The summed E-state index contributed by atoms with van der Waals surface area (Å²) in [6.45, 7) is 19.1. The zero-order valence-electron chi connectivity index (χ0n) is 23.0. The molecule has 0 aromatic heterocycles. The van der Waals surface area contributed by atoms with Crippen molar-refractivity contribution in [1.82, 2.24) is 0 Å². The number of fused-ring (bicyclic) bond motifs is 1. The molecule has 0 bridgehead atoms. The van der Waals surface area contributed by atoms with Crippen molar-refractivity contribution in [1.29, 1.82) is 0 Å². The summed E-state index contributed by atoms with van der Waals surface area (Å²) in [7, 11) is 0. The largest absolute Gasteiger partial charge is 0.390 e. The van der Waals surface area contributed by atoms with E-state index < -0.39 is 5.60 Å². The van der Waals surface area contributed by atoms with Gasteiger partial charge in [-0.25, -0.2) is 0 Å². The summed E-state index contributed by atoms with van der Waals surface area (Å²) in [5, 5.41) is 20.0. The quantitative estimate of drug-likeness (QED) is 0.309. The second kappa shape index (κ2) is 11.7. The molecule has 0 aliphatic heterocycles. The van der Waals surface area contributed by atoms with E-state index in [1.807, 2.05) is 13.8 Å². The van der Waals surface area contributed by atoms with Crippen LogP contribution >= 0.6 is 0 Å². The standard InChI is InChI=1S/C26H42O2.C5H12/c1-19-10-11-20(18-24(19)27)12-13-21-8-7-17-26(4)22(14-15-23(21)26)9-5-6-16-25(2,3)28;1-5(2,3)4/h12-13,22-24,27-28H,1,5-11,14-18H2,2-4H3;1-4H3/b20-12-,21-13+;/t22?,23?,24-,26-;/m1./s1. The Kier molecular flexibility index (Phi) is 10.1. The molecule has 190 valence electrons. The van der Waals surface area contributed by atoms with Gasteiger partial charge in [0.15, 0.2) is 0 Å². The predicted molar refractivity (Wildman–Crippen MR) is 143 cm³/mol. The lowest BCUT2D eigenvalue weighted by molar-refractivity contribution is 0.0659. The summed E-state index contributed by atoms with van der Waals surface area (Å²) in [5.41, 5.74) is 4.51. The van der Waals surface area contributed by atoms with Gasteiger partial charge < -0.3 is 10.2 Å². The van der Waals surface area contributed by atoms with E-state index in [0.717, 1.165) is 49.5 Å². The van der Waals surface area contributed by atoms with E-state index in [-0.39, 0.29) is 6.10 Å². The molecule has 3 rings (SSSR count). The Morgan fingerprint density at radius 1 is 1.00 bits per heavy atom. The molecule has 3 aliphatic rings. The molecule has 3 fully saturated rings. The summed E-state index contributed by atoms with van der Waals surface area (Å²) >= 11 is 0. The zero-order chi connectivity index (χ0) is 24.9. The maximum absolute atomic E-state index is 10.1. The number of unbranched alkanes of at least 4 members (excludes halogenated alkanes) is 1. The van der Waals surface area contributed by atoms with Gasteiger partial charge in [-0.2, -0.15) is 0 Å². The van der Waals surface area contributed by atoms with Crippen molar-refractivity contribution in [3.8, 4) is 0 Å². The van der Waals surface area contributed by atoms with Gasteiger partial charge in [-0.05, 0) is 106 Å². The third-order valence-electron chi connectivity index (χ3n) is 7.98. The maximum atomic E-state index is 10.1. The van der Waals surface area contributed by atoms with E-state index in [9.17, 15) is 10.2 Å². The van der Waals surface area contributed by atoms with Gasteiger partial charge in [-0.3, -0.25) is 0 Å². The van der Waals surface area contributed by atoms with E-state index in [0.29, 0.717) is 10.8 Å². The molecule has 0 aromatic carbocycles. The average Bonchev–Trinajstić information content (AvgIpc) is 3.01. The molecule has 0 aromatic rings. The minimum atomic E-state index is -0.518. The lowest BCUT2D eigenvalue weighted by Gasteiger charge is -2.42. The molecule has 2 N–H and O–H groups in total. The van der Waals surface area contributed by atoms with Crippen molar-refractivity contribution in [2.45, 2.75) is 137 Å². The Balaban J connectivity index is 0.000000696. The van der Waals surface area contributed by atoms with Crippen LogP contribution in [-0.4, -0.2) is 21.9 Å². The number of aliphatic hydroxyl groups is 2. The van der Waals surface area contributed by atoms with Crippen LogP contribution in [0.4, 0.5) is 0 Å². The molecule has 0 heterocycles. The van der Waals surface area contributed by atoms with Gasteiger partial charge in [0.2, 0.25) is 0 Å². The van der Waals surface area contributed by atoms with E-state index in [2.05, 4.69) is 53.3 Å². The zero-order valence-corrected chi connectivity index (χ0v) is 23.0. The Labute approximate surface area is 205 Å². The Morgan fingerprint density at radius 2 is 1.67 bits per heavy atom. The van der Waals surface area contributed by atoms with Gasteiger partial charge >= 0.3 is 0 Å². The van der Waals surface area contributed by atoms with Gasteiger partial charge in [-0.15, -0.1) is 0 Å². The molecule has 0 amide bonds. The van der Waals surface area contributed by atoms with Crippen LogP contribution in [-0.2, 0) is 0 Å². The van der Waals surface area contributed by atoms with E-state index >= 15 is 0 Å². The average molecular weight is 459 g/mol. The van der Waals surface area contributed by atoms with Gasteiger partial charge in [0, 0.05) is 0 Å². The number of hydrogen-bond acceptors (Lipinski definition) is 2. The Bertz CT molecular complexity index is 693. The van der Waals surface area contributed by atoms with E-state index in [4.69, 9.17) is 0 Å². The molecular formula is C31H54O2. The second-order valence-corrected chi connectivity index (χ2v) is 13.7. The van der Waals surface area contributed by atoms with Crippen molar-refractivity contribution in [2.24, 2.45) is 22.7 Å². The number of aliphatic hydroxyl groups excluding tert-OH is 1. The summed E-state index contributed by atoms with van der Waals surface area (Å²) in [5.74, 6) is 1.59. The van der Waals surface area contributed by atoms with Crippen LogP contribution in [0.1, 0.15) is 126 Å². The third-order valence-corrected chi connectivity index (χ3v) is 7.98. The first-order valence-electron chi connectivity index (χ1n) is 13.7. The molecule has 2 heteroatoms. The van der Waals surface area contributed by atoms with Crippen LogP contribution in [0.15, 0.2) is 35.5 Å². The summed E-state index contributed by atoms with van der Waals surface area (Å²) < 4.78 is 0. The Morgan fingerprint density at radius 3 is 2.27 bits per heavy atom. The van der Waals surface area contributed by atoms with Crippen LogP contribution in [0.3, 0.4) is 0 Å². The van der Waals surface area contributed by atoms with Crippen molar-refractivity contribution >= 4 is 0 Å². The van der Waals surface area contributed by atoms with Crippen molar-refractivity contribution < 1.29 is 10.2 Å². The van der Waals surface area contributed by atoms with Crippen LogP contribution in [0, 0.1) is 22.7 Å². The lowest BCUT2D eigenvalue weighted by Crippen LogP contribution is -2.33. The van der Waals surface area contributed by atoms with Crippen LogP contribution < -0.4 is 0 Å². The first-order chi connectivity index (χ1) is 15.2. The lowest BCUT2D eigenvalue weighted by atomic mass is 9.62. The van der Waals surface area contributed by atoms with Gasteiger partial charge in [0.25, 0.3) is 0 Å². The number of allylic oxidation sites excluding steroid dienone is 3. The molecule has 3 aliphatic carbocycles. The number of hydrogen-bond donors (Lipinski definition) is 2. The topological polar surface area (TPSA) is 40.5 Å². The fourth-order valence-corrected chi connectivity index (χ4v) is 6.13. The summed E-state index contributed by atoms with van der Waals surface area (Å²) in [4.78, 5) is 0. The van der Waals surface area contributed by atoms with Crippen molar-refractivity contribution in [3.63, 3.8) is 0 Å². The molecule has 4 atom stereocenters. The fraction of sp³-hybridized carbons (Fsp3) is 0.806. The summed E-state index contributed by atoms with van der Waals surface area (Å²) in [6, 6.07) is 0. The second-order valence-electron chi connectivity index (χ2n) is 13.7. The molecule has 0 spiro atoms. The minimum absolute atomic E-state index is 0.338. The van der Waals surface area contributed by atoms with Gasteiger partial charge in [-0.1, -0.05) is 77.3 Å². The highest BCUT2D eigenvalue weighted by Crippen LogP contribution is 2.58. The predicted octanol–water partition coefficient (Wildman–Crippen LogP) is 8.54. The molecule has 0 saturated heterocycles. The molecule has 2 unspecified atom stereocenters. The van der Waals surface area contributed by atoms with Crippen LogP contribution in [0.2, 0.25) is 0 Å². The monoisotopic (exact) mass is 458 g/mol. The maximum Gasteiger partial charge on any atom is 0.0784 e. The smallest absolute Gasteiger partial charge is 0.0784 e. The fourth-order valence-electron chi connectivity index (χ4n) is 6.13. The number of rotatable bonds is 6. The highest BCUT2D eigenvalue weighted by molar-refractivity contribution is 5.27. The highest BCUT2D eigenvalue weighted by Gasteiger charge is 2.48. The normalized spacial score (nSPS) is 33.1. The van der Waals surface area contributed by atoms with Crippen LogP contribution in [0.5, 0.6) is 0 Å². The SMILES string of the molecule is C=C1CC/C(=C/C=C2\CCC[C@]3(C)C(CCCCC(C)(C)O)CCC23)C[C@H]1O.CC(C)(C)C. The van der Waals surface area contributed by atoms with Gasteiger partial charge in [0.1, 0.15) is 0 Å².